The van der Waals surface area contributed by atoms with E-state index in [1.54, 1.807) is 6.20 Å². The van der Waals surface area contributed by atoms with Crippen molar-refractivity contribution in [2.24, 2.45) is 0 Å². The maximum Gasteiger partial charge on any atom is 0.0297 e. The molecule has 0 radical (unpaired) electrons. The lowest BCUT2D eigenvalue weighted by atomic mass is 10.3. The fraction of sp³-hybridized carbons (Fsp3) is 0.167. The molecule has 8 heavy (non-hydrogen) atoms. The molecule has 1 rings (SSSR count). The van der Waals surface area contributed by atoms with Gasteiger partial charge in [-0.1, -0.05) is 6.07 Å². The van der Waals surface area contributed by atoms with Crippen molar-refractivity contribution in [2.75, 3.05) is 0 Å². The zero-order valence-corrected chi connectivity index (χ0v) is 6.38. The smallest absolute Gasteiger partial charge is 0.0297 e. The van der Waals surface area contributed by atoms with E-state index in [1.807, 2.05) is 25.3 Å². The van der Waals surface area contributed by atoms with Crippen LogP contribution in [0.15, 0.2) is 24.5 Å². The Labute approximate surface area is 59.5 Å². The van der Waals surface area contributed by atoms with Crippen molar-refractivity contribution in [3.63, 3.8) is 0 Å². The molecule has 0 amide bonds. The SMILES string of the molecule is Br.Cc1cccnc1. The fourth-order valence-electron chi connectivity index (χ4n) is 0.448. The summed E-state index contributed by atoms with van der Waals surface area (Å²) in [6, 6.07) is 3.95. The Balaban J connectivity index is 0.000000490. The summed E-state index contributed by atoms with van der Waals surface area (Å²) in [4.78, 5) is 3.88. The van der Waals surface area contributed by atoms with Crippen LogP contribution in [-0.2, 0) is 0 Å². The molecule has 1 nitrogen and oxygen atoms in total. The standard InChI is InChI=1S/C6H7N.BrH/c1-6-3-2-4-7-5-6;/h2-5H,1H3;1H. The predicted molar refractivity (Wildman–Crippen MR) is 39.3 cm³/mol. The van der Waals surface area contributed by atoms with Gasteiger partial charge < -0.3 is 0 Å². The molecule has 0 fully saturated rings. The van der Waals surface area contributed by atoms with Crippen molar-refractivity contribution >= 4 is 17.0 Å². The number of hydrogen-bond donors (Lipinski definition) is 0. The summed E-state index contributed by atoms with van der Waals surface area (Å²) >= 11 is 0. The van der Waals surface area contributed by atoms with Gasteiger partial charge in [0.05, 0.1) is 0 Å². The van der Waals surface area contributed by atoms with Crippen molar-refractivity contribution in [2.45, 2.75) is 6.92 Å². The first-order valence-electron chi connectivity index (χ1n) is 2.26. The summed E-state index contributed by atoms with van der Waals surface area (Å²) in [5.74, 6) is 0. The third-order valence-electron chi connectivity index (χ3n) is 0.809. The molecule has 0 spiro atoms. The lowest BCUT2D eigenvalue weighted by molar-refractivity contribution is 1.27. The minimum absolute atomic E-state index is 0. The van der Waals surface area contributed by atoms with Gasteiger partial charge in [0.1, 0.15) is 0 Å². The monoisotopic (exact) mass is 173 g/mol. The number of hydrogen-bond acceptors (Lipinski definition) is 1. The van der Waals surface area contributed by atoms with Gasteiger partial charge in [-0.3, -0.25) is 4.98 Å². The minimum Gasteiger partial charge on any atom is -0.264 e. The average Bonchev–Trinajstić information content (AvgIpc) is 1.69. The Bertz CT molecular complexity index is 138. The van der Waals surface area contributed by atoms with Gasteiger partial charge in [0.25, 0.3) is 0 Å². The highest BCUT2D eigenvalue weighted by Gasteiger charge is 1.73. The third kappa shape index (κ3) is 2.07. The number of aryl methyl sites for hydroxylation is 1. The predicted octanol–water partition coefficient (Wildman–Crippen LogP) is 1.97. The van der Waals surface area contributed by atoms with Crippen LogP contribution < -0.4 is 0 Å². The first kappa shape index (κ1) is 7.63. The molecule has 0 aromatic carbocycles. The molecule has 0 aliphatic rings. The van der Waals surface area contributed by atoms with Crippen LogP contribution in [0.2, 0.25) is 0 Å². The molecule has 0 atom stereocenters. The molecule has 44 valence electrons. The minimum atomic E-state index is 0. The normalized spacial score (nSPS) is 7.62. The van der Waals surface area contributed by atoms with E-state index < -0.39 is 0 Å². The topological polar surface area (TPSA) is 12.9 Å². The van der Waals surface area contributed by atoms with E-state index in [1.165, 1.54) is 5.56 Å². The van der Waals surface area contributed by atoms with Crippen LogP contribution >= 0.6 is 17.0 Å². The van der Waals surface area contributed by atoms with E-state index in [0.29, 0.717) is 0 Å². The first-order chi connectivity index (χ1) is 3.39. The Morgan fingerprint density at radius 2 is 2.25 bits per heavy atom. The van der Waals surface area contributed by atoms with Crippen molar-refractivity contribution in [1.29, 1.82) is 0 Å². The largest absolute Gasteiger partial charge is 0.264 e. The summed E-state index contributed by atoms with van der Waals surface area (Å²) in [6.45, 7) is 2.02. The number of pyridine rings is 1. The molecule has 0 aliphatic carbocycles. The average molecular weight is 174 g/mol. The van der Waals surface area contributed by atoms with Crippen LogP contribution in [0.3, 0.4) is 0 Å². The van der Waals surface area contributed by atoms with Crippen molar-refractivity contribution in [3.05, 3.63) is 30.1 Å². The van der Waals surface area contributed by atoms with E-state index in [9.17, 15) is 0 Å². The summed E-state index contributed by atoms with van der Waals surface area (Å²) in [6.07, 6.45) is 3.60. The molecule has 0 saturated heterocycles. The molecule has 1 aromatic rings. The molecule has 1 aromatic heterocycles. The van der Waals surface area contributed by atoms with E-state index >= 15 is 0 Å². The van der Waals surface area contributed by atoms with Gasteiger partial charge in [-0.25, -0.2) is 0 Å². The number of halogens is 1. The zero-order valence-electron chi connectivity index (χ0n) is 4.66. The second kappa shape index (κ2) is 3.61. The lowest BCUT2D eigenvalue weighted by Crippen LogP contribution is -1.69. The van der Waals surface area contributed by atoms with Crippen LogP contribution in [0.4, 0.5) is 0 Å². The maximum absolute atomic E-state index is 3.88. The third-order valence-corrected chi connectivity index (χ3v) is 0.809. The van der Waals surface area contributed by atoms with Gasteiger partial charge in [-0.05, 0) is 18.6 Å². The number of aromatic nitrogens is 1. The van der Waals surface area contributed by atoms with Crippen LogP contribution in [-0.4, -0.2) is 4.98 Å². The van der Waals surface area contributed by atoms with Crippen LogP contribution in [0.5, 0.6) is 0 Å². The quantitative estimate of drug-likeness (QED) is 0.585. The summed E-state index contributed by atoms with van der Waals surface area (Å²) in [5.41, 5.74) is 1.21. The van der Waals surface area contributed by atoms with Crippen molar-refractivity contribution in [1.82, 2.24) is 4.98 Å². The van der Waals surface area contributed by atoms with Gasteiger partial charge in [0.2, 0.25) is 0 Å². The van der Waals surface area contributed by atoms with Crippen LogP contribution in [0.25, 0.3) is 0 Å². The molecule has 1 heterocycles. The second-order valence-electron chi connectivity index (χ2n) is 1.53. The van der Waals surface area contributed by atoms with Crippen LogP contribution in [0.1, 0.15) is 5.56 Å². The maximum atomic E-state index is 3.88. The molecule has 0 unspecified atom stereocenters. The molecular formula is C6H8BrN. The van der Waals surface area contributed by atoms with Gasteiger partial charge in [-0.15, -0.1) is 17.0 Å². The van der Waals surface area contributed by atoms with Crippen LogP contribution in [0, 0.1) is 6.92 Å². The van der Waals surface area contributed by atoms with E-state index in [4.69, 9.17) is 0 Å². The van der Waals surface area contributed by atoms with E-state index in [2.05, 4.69) is 4.98 Å². The molecule has 2 heteroatoms. The molecule has 0 bridgehead atoms. The Morgan fingerprint density at radius 1 is 1.50 bits per heavy atom. The Morgan fingerprint density at radius 3 is 2.50 bits per heavy atom. The van der Waals surface area contributed by atoms with Gasteiger partial charge >= 0.3 is 0 Å². The van der Waals surface area contributed by atoms with Crippen molar-refractivity contribution < 1.29 is 0 Å². The Kier molecular flexibility index (Phi) is 3.44. The summed E-state index contributed by atoms with van der Waals surface area (Å²) in [5, 5.41) is 0. The highest BCUT2D eigenvalue weighted by Crippen LogP contribution is 1.88. The van der Waals surface area contributed by atoms with Gasteiger partial charge in [0, 0.05) is 12.4 Å². The summed E-state index contributed by atoms with van der Waals surface area (Å²) < 4.78 is 0. The lowest BCUT2D eigenvalue weighted by Gasteiger charge is -1.82. The number of rotatable bonds is 0. The molecule has 0 saturated carbocycles. The summed E-state index contributed by atoms with van der Waals surface area (Å²) in [7, 11) is 0. The first-order valence-corrected chi connectivity index (χ1v) is 2.26. The highest BCUT2D eigenvalue weighted by molar-refractivity contribution is 8.93. The van der Waals surface area contributed by atoms with Gasteiger partial charge in [-0.2, -0.15) is 0 Å². The highest BCUT2D eigenvalue weighted by atomic mass is 79.9. The van der Waals surface area contributed by atoms with Gasteiger partial charge in [0.15, 0.2) is 0 Å². The van der Waals surface area contributed by atoms with E-state index in [-0.39, 0.29) is 17.0 Å². The molecule has 0 aliphatic heterocycles. The fourth-order valence-corrected chi connectivity index (χ4v) is 0.448. The zero-order chi connectivity index (χ0) is 5.11. The molecular weight excluding hydrogens is 166 g/mol. The molecule has 0 N–H and O–H groups in total. The Hall–Kier alpha value is -0.370. The number of nitrogens with zero attached hydrogens (tertiary/aromatic N) is 1. The second-order valence-corrected chi connectivity index (χ2v) is 1.53. The van der Waals surface area contributed by atoms with Crippen molar-refractivity contribution in [3.8, 4) is 0 Å². The van der Waals surface area contributed by atoms with E-state index in [0.717, 1.165) is 0 Å².